The van der Waals surface area contributed by atoms with Crippen molar-refractivity contribution in [3.05, 3.63) is 90.3 Å². The van der Waals surface area contributed by atoms with Crippen LogP contribution < -0.4 is 9.47 Å². The van der Waals surface area contributed by atoms with Gasteiger partial charge < -0.3 is 14.6 Å². The molecule has 0 aliphatic carbocycles. The first-order valence-corrected chi connectivity index (χ1v) is 14.4. The second-order valence-corrected chi connectivity index (χ2v) is 9.38. The highest BCUT2D eigenvalue weighted by Gasteiger charge is 2.12. The number of aromatic hydroxyl groups is 1. The molecule has 3 aromatic carbocycles. The molecule has 0 aliphatic rings. The Balaban J connectivity index is 0.000000179. The molecule has 5 rings (SSSR count). The molecule has 0 bridgehead atoms. The highest BCUT2D eigenvalue weighted by atomic mass is 16.5. The van der Waals surface area contributed by atoms with Gasteiger partial charge in [-0.25, -0.2) is 0 Å². The summed E-state index contributed by atoms with van der Waals surface area (Å²) in [6, 6.07) is 21.2. The number of fused-ring (bicyclic) bond motifs is 1. The standard InChI is InChI=1S/C16H26O2.C10H9N3O.C7H5N3/c1-4-7-8-9-12-18-16-14(6-3)13(5-2)10-11-15(16)17;1-14-9-7-11-13-12-10(9)8-5-3-2-4-6-8;1-2-4-7-6(3-1)5-8-10-9-7/h10-11,17H,4-9,12H2,1-3H3;2-7H,1H3;1-5H. The van der Waals surface area contributed by atoms with Crippen molar-refractivity contribution in [3.8, 4) is 28.5 Å². The zero-order chi connectivity index (χ0) is 30.0. The number of phenolic OH excluding ortho intramolecular Hbond substituents is 1. The maximum atomic E-state index is 9.92. The van der Waals surface area contributed by atoms with E-state index in [1.54, 1.807) is 25.6 Å². The van der Waals surface area contributed by atoms with E-state index in [9.17, 15) is 5.11 Å². The molecule has 9 nitrogen and oxygen atoms in total. The third-order valence-electron chi connectivity index (χ3n) is 6.53. The Morgan fingerprint density at radius 3 is 2.19 bits per heavy atom. The minimum absolute atomic E-state index is 0.277. The van der Waals surface area contributed by atoms with Crippen LogP contribution in [0.15, 0.2) is 79.1 Å². The molecule has 42 heavy (non-hydrogen) atoms. The second kappa shape index (κ2) is 17.9. The number of hydrogen-bond donors (Lipinski definition) is 1. The van der Waals surface area contributed by atoms with Gasteiger partial charge in [0, 0.05) is 16.5 Å². The van der Waals surface area contributed by atoms with Gasteiger partial charge in [-0.3, -0.25) is 0 Å². The molecular formula is C33H40N6O3. The van der Waals surface area contributed by atoms with Crippen molar-refractivity contribution in [1.29, 1.82) is 0 Å². The van der Waals surface area contributed by atoms with E-state index in [4.69, 9.17) is 9.47 Å². The Bertz CT molecular complexity index is 1420. The lowest BCUT2D eigenvalue weighted by Gasteiger charge is -2.15. The highest BCUT2D eigenvalue weighted by molar-refractivity contribution is 5.76. The lowest BCUT2D eigenvalue weighted by Crippen LogP contribution is -2.02. The summed E-state index contributed by atoms with van der Waals surface area (Å²) in [7, 11) is 1.59. The zero-order valence-electron chi connectivity index (χ0n) is 24.9. The fourth-order valence-corrected chi connectivity index (χ4v) is 4.29. The first kappa shape index (κ1) is 31.9. The van der Waals surface area contributed by atoms with Crippen molar-refractivity contribution in [1.82, 2.24) is 30.8 Å². The lowest BCUT2D eigenvalue weighted by atomic mass is 10.0. The van der Waals surface area contributed by atoms with E-state index >= 15 is 0 Å². The van der Waals surface area contributed by atoms with Crippen LogP contribution in [0.25, 0.3) is 22.2 Å². The minimum Gasteiger partial charge on any atom is -0.504 e. The number of aryl methyl sites for hydroxylation is 1. The summed E-state index contributed by atoms with van der Waals surface area (Å²) in [6.45, 7) is 7.15. The summed E-state index contributed by atoms with van der Waals surface area (Å²) in [5, 5.41) is 33.1. The number of hydrogen-bond acceptors (Lipinski definition) is 9. The second-order valence-electron chi connectivity index (χ2n) is 9.38. The van der Waals surface area contributed by atoms with Gasteiger partial charge in [-0.05, 0) is 47.4 Å². The Labute approximate surface area is 248 Å². The van der Waals surface area contributed by atoms with Gasteiger partial charge in [0.15, 0.2) is 17.2 Å². The number of ether oxygens (including phenoxy) is 2. The minimum atomic E-state index is 0.277. The number of unbranched alkanes of at least 4 members (excludes halogenated alkanes) is 3. The summed E-state index contributed by atoms with van der Waals surface area (Å²) >= 11 is 0. The van der Waals surface area contributed by atoms with Crippen molar-refractivity contribution in [2.75, 3.05) is 13.7 Å². The molecular weight excluding hydrogens is 528 g/mol. The van der Waals surface area contributed by atoms with Gasteiger partial charge in [-0.2, -0.15) is 0 Å². The van der Waals surface area contributed by atoms with Crippen molar-refractivity contribution >= 4 is 10.9 Å². The van der Waals surface area contributed by atoms with Crippen LogP contribution in [0, 0.1) is 0 Å². The number of aromatic nitrogens is 6. The highest BCUT2D eigenvalue weighted by Crippen LogP contribution is 2.33. The lowest BCUT2D eigenvalue weighted by molar-refractivity contribution is 0.286. The van der Waals surface area contributed by atoms with Crippen molar-refractivity contribution in [2.45, 2.75) is 59.3 Å². The number of rotatable bonds is 10. The monoisotopic (exact) mass is 568 g/mol. The van der Waals surface area contributed by atoms with Crippen LogP contribution in [0.3, 0.4) is 0 Å². The Kier molecular flexibility index (Phi) is 13.6. The molecule has 0 saturated heterocycles. The molecule has 0 aliphatic heterocycles. The first-order valence-electron chi connectivity index (χ1n) is 14.4. The van der Waals surface area contributed by atoms with E-state index in [1.807, 2.05) is 60.7 Å². The van der Waals surface area contributed by atoms with Crippen LogP contribution in [-0.2, 0) is 12.8 Å². The topological polar surface area (TPSA) is 116 Å². The summed E-state index contributed by atoms with van der Waals surface area (Å²) in [4.78, 5) is 0. The molecule has 0 spiro atoms. The summed E-state index contributed by atoms with van der Waals surface area (Å²) in [6.07, 6.45) is 9.88. The molecule has 2 aromatic heterocycles. The van der Waals surface area contributed by atoms with Crippen molar-refractivity contribution in [2.24, 2.45) is 0 Å². The van der Waals surface area contributed by atoms with Gasteiger partial charge in [-0.15, -0.1) is 20.4 Å². The zero-order valence-corrected chi connectivity index (χ0v) is 24.9. The quantitative estimate of drug-likeness (QED) is 0.177. The predicted octanol–water partition coefficient (Wildman–Crippen LogP) is 7.05. The van der Waals surface area contributed by atoms with E-state index in [0.29, 0.717) is 23.8 Å². The summed E-state index contributed by atoms with van der Waals surface area (Å²) < 4.78 is 10.9. The van der Waals surface area contributed by atoms with E-state index in [2.05, 4.69) is 51.6 Å². The first-order chi connectivity index (χ1) is 20.6. The summed E-state index contributed by atoms with van der Waals surface area (Å²) in [5.74, 6) is 1.61. The number of benzene rings is 3. The van der Waals surface area contributed by atoms with Crippen molar-refractivity contribution < 1.29 is 14.6 Å². The van der Waals surface area contributed by atoms with Crippen LogP contribution in [-0.4, -0.2) is 49.6 Å². The Morgan fingerprint density at radius 2 is 1.48 bits per heavy atom. The molecule has 0 saturated carbocycles. The van der Waals surface area contributed by atoms with E-state index in [0.717, 1.165) is 41.3 Å². The molecule has 0 atom stereocenters. The van der Waals surface area contributed by atoms with E-state index < -0.39 is 0 Å². The third kappa shape index (κ3) is 9.47. The molecule has 9 heteroatoms. The SMILES string of the molecule is CCCCCCOc1c(O)ccc(CC)c1CC.COc1cnnnc1-c1ccccc1.c1ccc2nnncc2c1. The van der Waals surface area contributed by atoms with E-state index in [1.165, 1.54) is 24.8 Å². The largest absolute Gasteiger partial charge is 0.504 e. The number of phenols is 1. The average Bonchev–Trinajstić information content (AvgIpc) is 3.06. The molecule has 0 radical (unpaired) electrons. The fraction of sp³-hybridized carbons (Fsp3) is 0.333. The molecule has 5 aromatic rings. The van der Waals surface area contributed by atoms with Crippen molar-refractivity contribution in [3.63, 3.8) is 0 Å². The molecule has 0 amide bonds. The van der Waals surface area contributed by atoms with Crippen LogP contribution >= 0.6 is 0 Å². The summed E-state index contributed by atoms with van der Waals surface area (Å²) in [5.41, 5.74) is 5.01. The van der Waals surface area contributed by atoms with Gasteiger partial charge in [-0.1, -0.05) is 94.6 Å². The maximum Gasteiger partial charge on any atom is 0.167 e. The predicted molar refractivity (Wildman–Crippen MR) is 166 cm³/mol. The Hall–Kier alpha value is -4.66. The molecule has 220 valence electrons. The normalized spacial score (nSPS) is 10.2. The Morgan fingerprint density at radius 1 is 0.738 bits per heavy atom. The van der Waals surface area contributed by atoms with Gasteiger partial charge >= 0.3 is 0 Å². The molecule has 0 unspecified atom stereocenters. The number of nitrogens with zero attached hydrogens (tertiary/aromatic N) is 6. The smallest absolute Gasteiger partial charge is 0.167 e. The van der Waals surface area contributed by atoms with Gasteiger partial charge in [0.1, 0.15) is 5.69 Å². The molecule has 1 N–H and O–H groups in total. The van der Waals surface area contributed by atoms with Gasteiger partial charge in [0.05, 0.1) is 31.6 Å². The fourth-order valence-electron chi connectivity index (χ4n) is 4.29. The van der Waals surface area contributed by atoms with Crippen LogP contribution in [0.5, 0.6) is 17.2 Å². The third-order valence-corrected chi connectivity index (χ3v) is 6.53. The maximum absolute atomic E-state index is 9.92. The van der Waals surface area contributed by atoms with Gasteiger partial charge in [0.25, 0.3) is 0 Å². The number of methoxy groups -OCH3 is 1. The van der Waals surface area contributed by atoms with Crippen LogP contribution in [0.2, 0.25) is 0 Å². The van der Waals surface area contributed by atoms with Crippen LogP contribution in [0.1, 0.15) is 57.6 Å². The molecule has 2 heterocycles. The average molecular weight is 569 g/mol. The van der Waals surface area contributed by atoms with E-state index in [-0.39, 0.29) is 5.75 Å². The van der Waals surface area contributed by atoms with Gasteiger partial charge in [0.2, 0.25) is 0 Å². The molecule has 0 fully saturated rings. The van der Waals surface area contributed by atoms with Crippen LogP contribution in [0.4, 0.5) is 0 Å².